The van der Waals surface area contributed by atoms with Gasteiger partial charge in [0.25, 0.3) is 5.91 Å². The SMILES string of the molecule is C=C(F)C(=O)N1CCn2nc(-c3nc(-c4ccc5c(c4)CCN(C)C5)c4ccsc4c3-c3ccc(F)cc3OCC)cc2C1. The van der Waals surface area contributed by atoms with Gasteiger partial charge in [0.1, 0.15) is 23.0 Å². The summed E-state index contributed by atoms with van der Waals surface area (Å²) in [5.74, 6) is -1.65. The average Bonchev–Trinajstić information content (AvgIpc) is 3.67. The molecule has 2 aromatic carbocycles. The summed E-state index contributed by atoms with van der Waals surface area (Å²) in [6, 6.07) is 15.1. The fourth-order valence-corrected chi connectivity index (χ4v) is 7.18. The molecule has 0 saturated heterocycles. The number of hydrogen-bond donors (Lipinski definition) is 0. The molecule has 0 N–H and O–H groups in total. The second kappa shape index (κ2) is 11.3. The Labute approximate surface area is 258 Å². The molecule has 0 bridgehead atoms. The molecule has 10 heteroatoms. The maximum Gasteiger partial charge on any atom is 0.282 e. The fraction of sp³-hybridized carbons (Fsp3) is 0.265. The Bertz CT molecular complexity index is 1950. The highest BCUT2D eigenvalue weighted by atomic mass is 32.1. The number of pyridine rings is 1. The predicted octanol–water partition coefficient (Wildman–Crippen LogP) is 6.84. The van der Waals surface area contributed by atoms with Crippen molar-refractivity contribution in [3.05, 3.63) is 89.0 Å². The van der Waals surface area contributed by atoms with Crippen molar-refractivity contribution in [3.63, 3.8) is 0 Å². The highest BCUT2D eigenvalue weighted by molar-refractivity contribution is 7.18. The van der Waals surface area contributed by atoms with Crippen LogP contribution in [0.2, 0.25) is 0 Å². The third kappa shape index (κ3) is 4.97. The number of fused-ring (bicyclic) bond motifs is 3. The highest BCUT2D eigenvalue weighted by Gasteiger charge is 2.28. The molecule has 0 spiro atoms. The molecule has 2 aliphatic heterocycles. The minimum absolute atomic E-state index is 0.207. The number of aromatic nitrogens is 3. The second-order valence-electron chi connectivity index (χ2n) is 11.3. The van der Waals surface area contributed by atoms with Gasteiger partial charge in [-0.25, -0.2) is 13.8 Å². The number of halogens is 2. The molecular formula is C34H31F2N5O2S. The van der Waals surface area contributed by atoms with Crippen molar-refractivity contribution < 1.29 is 18.3 Å². The maximum atomic E-state index is 14.4. The fourth-order valence-electron chi connectivity index (χ4n) is 6.23. The van der Waals surface area contributed by atoms with Crippen LogP contribution in [0.3, 0.4) is 0 Å². The van der Waals surface area contributed by atoms with Gasteiger partial charge in [-0.1, -0.05) is 18.7 Å². The Morgan fingerprint density at radius 2 is 1.91 bits per heavy atom. The van der Waals surface area contributed by atoms with E-state index in [9.17, 15) is 13.6 Å². The summed E-state index contributed by atoms with van der Waals surface area (Å²) < 4.78 is 36.9. The third-order valence-electron chi connectivity index (χ3n) is 8.36. The highest BCUT2D eigenvalue weighted by Crippen LogP contribution is 2.46. The van der Waals surface area contributed by atoms with E-state index >= 15 is 0 Å². The first-order chi connectivity index (χ1) is 21.3. The zero-order valence-corrected chi connectivity index (χ0v) is 25.4. The smallest absolute Gasteiger partial charge is 0.282 e. The standard InChI is InChI=1S/C34H31F2N5O2S/c1-4-43-29-16-24(36)7-8-26(29)30-32(28-17-25-19-40(34(42)20(2)35)12-13-41(25)38-28)37-31(27-10-14-44-33(27)30)22-5-6-23-18-39(3)11-9-21(23)15-22/h5-8,10,14-17H,2,4,9,11-13,18-19H2,1,3H3. The van der Waals surface area contributed by atoms with E-state index in [2.05, 4.69) is 42.8 Å². The van der Waals surface area contributed by atoms with Crippen LogP contribution in [-0.2, 0) is 30.8 Å². The van der Waals surface area contributed by atoms with E-state index < -0.39 is 11.7 Å². The molecule has 5 aromatic rings. The van der Waals surface area contributed by atoms with E-state index in [-0.39, 0.29) is 12.4 Å². The summed E-state index contributed by atoms with van der Waals surface area (Å²) in [5, 5.41) is 7.97. The molecule has 44 heavy (non-hydrogen) atoms. The Morgan fingerprint density at radius 1 is 1.05 bits per heavy atom. The summed E-state index contributed by atoms with van der Waals surface area (Å²) in [6.45, 7) is 8.28. The molecule has 0 atom stereocenters. The zero-order valence-electron chi connectivity index (χ0n) is 24.6. The van der Waals surface area contributed by atoms with Crippen molar-refractivity contribution in [2.75, 3.05) is 26.7 Å². The Balaban J connectivity index is 1.44. The number of nitrogens with zero attached hydrogens (tertiary/aromatic N) is 5. The van der Waals surface area contributed by atoms with E-state index in [1.165, 1.54) is 28.2 Å². The number of amides is 1. The zero-order chi connectivity index (χ0) is 30.5. The number of benzene rings is 2. The number of hydrogen-bond acceptors (Lipinski definition) is 6. The van der Waals surface area contributed by atoms with Crippen molar-refractivity contribution in [2.24, 2.45) is 0 Å². The number of thiophene rings is 1. The van der Waals surface area contributed by atoms with Crippen LogP contribution in [0.5, 0.6) is 5.75 Å². The summed E-state index contributed by atoms with van der Waals surface area (Å²) in [5.41, 5.74) is 8.07. The van der Waals surface area contributed by atoms with Crippen LogP contribution in [0.15, 0.2) is 66.3 Å². The van der Waals surface area contributed by atoms with Crippen molar-refractivity contribution in [2.45, 2.75) is 33.0 Å². The second-order valence-corrected chi connectivity index (χ2v) is 12.2. The molecule has 5 heterocycles. The van der Waals surface area contributed by atoms with E-state index in [1.54, 1.807) is 17.4 Å². The molecule has 0 fully saturated rings. The lowest BCUT2D eigenvalue weighted by Crippen LogP contribution is -2.38. The van der Waals surface area contributed by atoms with Gasteiger partial charge in [-0.2, -0.15) is 5.10 Å². The number of rotatable bonds is 6. The lowest BCUT2D eigenvalue weighted by Gasteiger charge is -2.26. The number of ether oxygens (including phenoxy) is 1. The largest absolute Gasteiger partial charge is 0.493 e. The van der Waals surface area contributed by atoms with Crippen LogP contribution in [0.1, 0.15) is 23.7 Å². The average molecular weight is 612 g/mol. The minimum atomic E-state index is -0.980. The molecule has 7 rings (SSSR count). The first-order valence-corrected chi connectivity index (χ1v) is 15.5. The third-order valence-corrected chi connectivity index (χ3v) is 9.30. The van der Waals surface area contributed by atoms with Gasteiger partial charge >= 0.3 is 0 Å². The molecule has 0 unspecified atom stereocenters. The van der Waals surface area contributed by atoms with Gasteiger partial charge in [-0.15, -0.1) is 11.3 Å². The Hall–Kier alpha value is -4.41. The predicted molar refractivity (Wildman–Crippen MR) is 169 cm³/mol. The van der Waals surface area contributed by atoms with Crippen molar-refractivity contribution >= 4 is 27.3 Å². The number of carbonyl (C=O) groups is 1. The molecule has 224 valence electrons. The molecule has 0 aliphatic carbocycles. The van der Waals surface area contributed by atoms with Crippen LogP contribution in [0.25, 0.3) is 43.9 Å². The van der Waals surface area contributed by atoms with Gasteiger partial charge in [0, 0.05) is 52.5 Å². The van der Waals surface area contributed by atoms with E-state index in [4.69, 9.17) is 14.8 Å². The molecule has 1 amide bonds. The number of carbonyl (C=O) groups excluding carboxylic acids is 1. The quantitative estimate of drug-likeness (QED) is 0.197. The molecule has 2 aliphatic rings. The number of likely N-dealkylation sites (N-methyl/N-ethyl adjacent to an activating group) is 1. The molecule has 0 radical (unpaired) electrons. The van der Waals surface area contributed by atoms with Gasteiger partial charge in [0.2, 0.25) is 0 Å². The van der Waals surface area contributed by atoms with E-state index in [1.807, 2.05) is 23.1 Å². The van der Waals surface area contributed by atoms with Crippen LogP contribution >= 0.6 is 11.3 Å². The van der Waals surface area contributed by atoms with Gasteiger partial charge < -0.3 is 14.5 Å². The first kappa shape index (κ1) is 28.4. The summed E-state index contributed by atoms with van der Waals surface area (Å²) >= 11 is 1.59. The Morgan fingerprint density at radius 3 is 2.73 bits per heavy atom. The molecule has 3 aromatic heterocycles. The van der Waals surface area contributed by atoms with Crippen LogP contribution in [-0.4, -0.2) is 57.2 Å². The molecule has 0 saturated carbocycles. The van der Waals surface area contributed by atoms with Gasteiger partial charge in [0.05, 0.1) is 31.1 Å². The topological polar surface area (TPSA) is 63.5 Å². The van der Waals surface area contributed by atoms with Gasteiger partial charge in [0.15, 0.2) is 5.83 Å². The van der Waals surface area contributed by atoms with Crippen molar-refractivity contribution in [3.8, 4) is 39.5 Å². The first-order valence-electron chi connectivity index (χ1n) is 14.7. The minimum Gasteiger partial charge on any atom is -0.493 e. The van der Waals surface area contributed by atoms with Crippen molar-refractivity contribution in [1.29, 1.82) is 0 Å². The Kier molecular flexibility index (Phi) is 7.26. The summed E-state index contributed by atoms with van der Waals surface area (Å²) in [6.07, 6.45) is 0.971. The van der Waals surface area contributed by atoms with Crippen LogP contribution in [0.4, 0.5) is 8.78 Å². The van der Waals surface area contributed by atoms with Gasteiger partial charge in [-0.05, 0) is 67.2 Å². The van der Waals surface area contributed by atoms with Crippen molar-refractivity contribution in [1.82, 2.24) is 24.6 Å². The maximum absolute atomic E-state index is 14.4. The van der Waals surface area contributed by atoms with Crippen LogP contribution < -0.4 is 4.74 Å². The lowest BCUT2D eigenvalue weighted by molar-refractivity contribution is -0.130. The summed E-state index contributed by atoms with van der Waals surface area (Å²) in [4.78, 5) is 21.4. The molecule has 7 nitrogen and oxygen atoms in total. The van der Waals surface area contributed by atoms with E-state index in [0.717, 1.165) is 57.7 Å². The summed E-state index contributed by atoms with van der Waals surface area (Å²) in [7, 11) is 2.14. The van der Waals surface area contributed by atoms with Crippen LogP contribution in [0, 0.1) is 5.82 Å². The normalized spacial score (nSPS) is 14.9. The van der Waals surface area contributed by atoms with Gasteiger partial charge in [-0.3, -0.25) is 9.48 Å². The lowest BCUT2D eigenvalue weighted by atomic mass is 9.93. The molecular weight excluding hydrogens is 580 g/mol. The van der Waals surface area contributed by atoms with E-state index in [0.29, 0.717) is 36.8 Å². The monoisotopic (exact) mass is 611 g/mol.